The number of hydrogen-bond acceptors (Lipinski definition) is 5. The molecule has 1 atom stereocenters. The lowest BCUT2D eigenvalue weighted by Gasteiger charge is -2.40. The van der Waals surface area contributed by atoms with Crippen LogP contribution in [0.5, 0.6) is 0 Å². The Morgan fingerprint density at radius 1 is 1.04 bits per heavy atom. The summed E-state index contributed by atoms with van der Waals surface area (Å²) in [7, 11) is 0. The van der Waals surface area contributed by atoms with Crippen LogP contribution in [0.15, 0.2) is 30.3 Å². The Hall–Kier alpha value is -1.95. The van der Waals surface area contributed by atoms with Crippen molar-refractivity contribution in [2.45, 2.75) is 52.1 Å². The Morgan fingerprint density at radius 3 is 2.32 bits per heavy atom. The Bertz CT molecular complexity index is 652. The van der Waals surface area contributed by atoms with E-state index in [0.29, 0.717) is 0 Å². The summed E-state index contributed by atoms with van der Waals surface area (Å²) in [6, 6.07) is 11.0. The molecular formula is C19H30N6. The van der Waals surface area contributed by atoms with Gasteiger partial charge in [0.15, 0.2) is 5.82 Å². The number of nitrogens with zero attached hydrogens (tertiary/aromatic N) is 6. The van der Waals surface area contributed by atoms with E-state index in [1.165, 1.54) is 5.69 Å². The maximum absolute atomic E-state index is 4.40. The van der Waals surface area contributed by atoms with Crippen molar-refractivity contribution in [2.24, 2.45) is 0 Å². The molecule has 1 unspecified atom stereocenters. The molecular weight excluding hydrogens is 312 g/mol. The average Bonchev–Trinajstić information content (AvgIpc) is 3.10. The molecule has 6 heteroatoms. The maximum Gasteiger partial charge on any atom is 0.168 e. The number of anilines is 1. The van der Waals surface area contributed by atoms with Crippen LogP contribution in [0.4, 0.5) is 5.69 Å². The Balaban J connectivity index is 1.74. The van der Waals surface area contributed by atoms with Gasteiger partial charge >= 0.3 is 0 Å². The summed E-state index contributed by atoms with van der Waals surface area (Å²) in [5.41, 5.74) is 1.21. The van der Waals surface area contributed by atoms with Gasteiger partial charge in [0.05, 0.1) is 11.6 Å². The van der Waals surface area contributed by atoms with Gasteiger partial charge in [-0.2, -0.15) is 0 Å². The van der Waals surface area contributed by atoms with E-state index in [9.17, 15) is 0 Å². The first-order chi connectivity index (χ1) is 12.0. The predicted octanol–water partition coefficient (Wildman–Crippen LogP) is 3.09. The third-order valence-corrected chi connectivity index (χ3v) is 4.87. The molecule has 2 heterocycles. The molecule has 0 saturated carbocycles. The maximum atomic E-state index is 4.40. The van der Waals surface area contributed by atoms with Gasteiger partial charge in [0.2, 0.25) is 0 Å². The van der Waals surface area contributed by atoms with E-state index >= 15 is 0 Å². The van der Waals surface area contributed by atoms with E-state index in [0.717, 1.165) is 44.8 Å². The molecule has 1 aromatic heterocycles. The number of aromatic nitrogens is 4. The summed E-state index contributed by atoms with van der Waals surface area (Å²) in [5, 5.41) is 12.6. The molecule has 0 bridgehead atoms. The highest BCUT2D eigenvalue weighted by Crippen LogP contribution is 2.28. The van der Waals surface area contributed by atoms with Gasteiger partial charge in [-0.1, -0.05) is 31.5 Å². The molecule has 1 saturated heterocycles. The second-order valence-electron chi connectivity index (χ2n) is 7.78. The Kier molecular flexibility index (Phi) is 5.37. The highest BCUT2D eigenvalue weighted by atomic mass is 15.6. The topological polar surface area (TPSA) is 50.1 Å². The summed E-state index contributed by atoms with van der Waals surface area (Å²) in [5.74, 6) is 1.00. The van der Waals surface area contributed by atoms with Crippen molar-refractivity contribution < 1.29 is 0 Å². The smallest absolute Gasteiger partial charge is 0.168 e. The molecule has 1 aliphatic heterocycles. The summed E-state index contributed by atoms with van der Waals surface area (Å²) in [4.78, 5) is 5.02. The summed E-state index contributed by atoms with van der Waals surface area (Å²) in [6.07, 6.45) is 2.21. The van der Waals surface area contributed by atoms with Crippen LogP contribution in [0.25, 0.3) is 0 Å². The van der Waals surface area contributed by atoms with Crippen molar-refractivity contribution in [3.8, 4) is 0 Å². The lowest BCUT2D eigenvalue weighted by atomic mass is 10.0. The van der Waals surface area contributed by atoms with Crippen LogP contribution in [-0.4, -0.2) is 51.3 Å². The molecule has 1 fully saturated rings. The zero-order valence-electron chi connectivity index (χ0n) is 15.9. The van der Waals surface area contributed by atoms with Gasteiger partial charge in [-0.15, -0.1) is 5.10 Å². The number of benzene rings is 1. The van der Waals surface area contributed by atoms with Gasteiger partial charge in [-0.05, 0) is 49.8 Å². The van der Waals surface area contributed by atoms with Gasteiger partial charge in [0, 0.05) is 31.9 Å². The number of tetrazole rings is 1. The molecule has 2 aromatic rings. The normalized spacial score (nSPS) is 17.7. The van der Waals surface area contributed by atoms with Crippen molar-refractivity contribution in [1.82, 2.24) is 25.1 Å². The minimum Gasteiger partial charge on any atom is -0.369 e. The van der Waals surface area contributed by atoms with Crippen molar-refractivity contribution in [3.05, 3.63) is 36.2 Å². The van der Waals surface area contributed by atoms with Crippen LogP contribution in [0.2, 0.25) is 0 Å². The third kappa shape index (κ3) is 4.00. The molecule has 0 aliphatic carbocycles. The SMILES string of the molecule is CCCC(c1nnnn1C(C)(C)C)N1CCN(c2ccccc2)CC1. The molecule has 25 heavy (non-hydrogen) atoms. The van der Waals surface area contributed by atoms with Crippen LogP contribution in [0.3, 0.4) is 0 Å². The van der Waals surface area contributed by atoms with Crippen molar-refractivity contribution in [1.29, 1.82) is 0 Å². The van der Waals surface area contributed by atoms with Gasteiger partial charge < -0.3 is 4.90 Å². The highest BCUT2D eigenvalue weighted by molar-refractivity contribution is 5.46. The summed E-state index contributed by atoms with van der Waals surface area (Å²) < 4.78 is 2.00. The van der Waals surface area contributed by atoms with Crippen LogP contribution in [0.1, 0.15) is 52.4 Å². The molecule has 3 rings (SSSR count). The molecule has 0 spiro atoms. The first-order valence-corrected chi connectivity index (χ1v) is 9.33. The van der Waals surface area contributed by atoms with Gasteiger partial charge in [-0.25, -0.2) is 4.68 Å². The molecule has 0 amide bonds. The summed E-state index contributed by atoms with van der Waals surface area (Å²) >= 11 is 0. The lowest BCUT2D eigenvalue weighted by molar-refractivity contribution is 0.156. The van der Waals surface area contributed by atoms with E-state index in [1.54, 1.807) is 0 Å². The first kappa shape index (κ1) is 17.9. The van der Waals surface area contributed by atoms with Gasteiger partial charge in [0.25, 0.3) is 0 Å². The molecule has 1 aliphatic rings. The Morgan fingerprint density at radius 2 is 1.72 bits per heavy atom. The highest BCUT2D eigenvalue weighted by Gasteiger charge is 2.31. The fourth-order valence-corrected chi connectivity index (χ4v) is 3.56. The van der Waals surface area contributed by atoms with Gasteiger partial charge in [0.1, 0.15) is 0 Å². The van der Waals surface area contributed by atoms with E-state index < -0.39 is 0 Å². The lowest BCUT2D eigenvalue weighted by Crippen LogP contribution is -2.48. The zero-order valence-corrected chi connectivity index (χ0v) is 15.9. The zero-order chi connectivity index (χ0) is 17.9. The van der Waals surface area contributed by atoms with Crippen LogP contribution in [-0.2, 0) is 5.54 Å². The first-order valence-electron chi connectivity index (χ1n) is 9.33. The summed E-state index contributed by atoms with van der Waals surface area (Å²) in [6.45, 7) is 12.9. The third-order valence-electron chi connectivity index (χ3n) is 4.87. The number of para-hydroxylation sites is 1. The second-order valence-corrected chi connectivity index (χ2v) is 7.78. The Labute approximate surface area is 150 Å². The standard InChI is InChI=1S/C19H30N6/c1-5-9-17(18-20-21-22-25(18)19(2,3)4)24-14-12-23(13-15-24)16-10-7-6-8-11-16/h6-8,10-11,17H,5,9,12-15H2,1-4H3. The van der Waals surface area contributed by atoms with E-state index in [-0.39, 0.29) is 11.6 Å². The quantitative estimate of drug-likeness (QED) is 0.836. The number of rotatable bonds is 5. The molecule has 136 valence electrons. The predicted molar refractivity (Wildman–Crippen MR) is 101 cm³/mol. The van der Waals surface area contributed by atoms with Crippen molar-refractivity contribution >= 4 is 5.69 Å². The second kappa shape index (κ2) is 7.52. The number of piperazine rings is 1. The van der Waals surface area contributed by atoms with Crippen molar-refractivity contribution in [2.75, 3.05) is 31.1 Å². The molecule has 1 aromatic carbocycles. The fraction of sp³-hybridized carbons (Fsp3) is 0.632. The largest absolute Gasteiger partial charge is 0.369 e. The van der Waals surface area contributed by atoms with Crippen LogP contribution >= 0.6 is 0 Å². The fourth-order valence-electron chi connectivity index (χ4n) is 3.56. The average molecular weight is 342 g/mol. The van der Waals surface area contributed by atoms with E-state index in [4.69, 9.17) is 0 Å². The van der Waals surface area contributed by atoms with E-state index in [1.807, 2.05) is 4.68 Å². The minimum absolute atomic E-state index is 0.101. The monoisotopic (exact) mass is 342 g/mol. The van der Waals surface area contributed by atoms with E-state index in [2.05, 4.69) is 83.4 Å². The van der Waals surface area contributed by atoms with Crippen LogP contribution in [0, 0.1) is 0 Å². The minimum atomic E-state index is -0.101. The molecule has 0 N–H and O–H groups in total. The van der Waals surface area contributed by atoms with Crippen molar-refractivity contribution in [3.63, 3.8) is 0 Å². The molecule has 6 nitrogen and oxygen atoms in total. The van der Waals surface area contributed by atoms with Crippen LogP contribution < -0.4 is 4.90 Å². The van der Waals surface area contributed by atoms with Gasteiger partial charge in [-0.3, -0.25) is 4.90 Å². The molecule has 0 radical (unpaired) electrons. The number of hydrogen-bond donors (Lipinski definition) is 0.